The first kappa shape index (κ1) is 21.4. The number of benzene rings is 1. The van der Waals surface area contributed by atoms with Gasteiger partial charge in [-0.3, -0.25) is 4.90 Å². The molecule has 1 saturated heterocycles. The van der Waals surface area contributed by atoms with E-state index in [0.717, 1.165) is 30.9 Å². The monoisotopic (exact) mass is 443 g/mol. The fourth-order valence-electron chi connectivity index (χ4n) is 3.27. The van der Waals surface area contributed by atoms with Crippen molar-refractivity contribution in [2.45, 2.75) is 36.0 Å². The number of methoxy groups -OCH3 is 1. The highest BCUT2D eigenvalue weighted by Gasteiger charge is 2.28. The van der Waals surface area contributed by atoms with Crippen LogP contribution in [0, 0.1) is 0 Å². The van der Waals surface area contributed by atoms with Crippen LogP contribution in [0.1, 0.15) is 37.0 Å². The minimum absolute atomic E-state index is 0.119. The van der Waals surface area contributed by atoms with Crippen LogP contribution in [0.2, 0.25) is 0 Å². The molecule has 28 heavy (non-hydrogen) atoms. The third kappa shape index (κ3) is 5.83. The average Bonchev–Trinajstić information content (AvgIpc) is 3.06. The first-order chi connectivity index (χ1) is 13.3. The zero-order valence-electron chi connectivity index (χ0n) is 16.0. The van der Waals surface area contributed by atoms with Crippen LogP contribution in [0.3, 0.4) is 0 Å². The molecule has 2 aromatic rings. The number of rotatable bonds is 7. The molecule has 0 amide bonds. The lowest BCUT2D eigenvalue weighted by Crippen LogP contribution is -2.32. The lowest BCUT2D eigenvalue weighted by molar-refractivity contribution is 0.279. The van der Waals surface area contributed by atoms with Crippen LogP contribution < -0.4 is 10.1 Å². The van der Waals surface area contributed by atoms with Gasteiger partial charge in [0.25, 0.3) is 0 Å². The van der Waals surface area contributed by atoms with Gasteiger partial charge in [0.15, 0.2) is 5.82 Å². The molecule has 1 aromatic carbocycles. The summed E-state index contributed by atoms with van der Waals surface area (Å²) in [5, 5.41) is 3.25. The second-order valence-electron chi connectivity index (χ2n) is 6.88. The maximum atomic E-state index is 6.03. The van der Waals surface area contributed by atoms with E-state index in [4.69, 9.17) is 39.5 Å². The van der Waals surface area contributed by atoms with Crippen LogP contribution >= 0.6 is 34.8 Å². The van der Waals surface area contributed by atoms with Crippen LogP contribution in [0.4, 0.5) is 5.95 Å². The van der Waals surface area contributed by atoms with Crippen molar-refractivity contribution in [2.24, 2.45) is 0 Å². The second-order valence-corrected chi connectivity index (χ2v) is 9.16. The van der Waals surface area contributed by atoms with E-state index in [1.165, 1.54) is 12.8 Å². The lowest BCUT2D eigenvalue weighted by Gasteiger charge is -2.21. The number of likely N-dealkylation sites (tertiary alicyclic amines) is 1. The molecule has 0 radical (unpaired) electrons. The molecule has 0 spiro atoms. The zero-order chi connectivity index (χ0) is 20.1. The van der Waals surface area contributed by atoms with Gasteiger partial charge < -0.3 is 10.1 Å². The van der Waals surface area contributed by atoms with Crippen molar-refractivity contribution in [1.82, 2.24) is 19.9 Å². The van der Waals surface area contributed by atoms with Gasteiger partial charge >= 0.3 is 0 Å². The van der Waals surface area contributed by atoms with E-state index < -0.39 is 3.79 Å². The van der Waals surface area contributed by atoms with Crippen molar-refractivity contribution >= 4 is 40.8 Å². The van der Waals surface area contributed by atoms with Crippen molar-refractivity contribution in [3.63, 3.8) is 0 Å². The maximum absolute atomic E-state index is 6.03. The SMILES string of the molecule is COc1ccc(Cc2nc(NCCN3CCCC3C)nc(C(Cl)(Cl)Cl)n2)cc1. The van der Waals surface area contributed by atoms with E-state index in [-0.39, 0.29) is 5.82 Å². The van der Waals surface area contributed by atoms with Crippen molar-refractivity contribution in [3.8, 4) is 5.75 Å². The van der Waals surface area contributed by atoms with Gasteiger partial charge in [0.05, 0.1) is 7.11 Å². The van der Waals surface area contributed by atoms with Gasteiger partial charge in [-0.1, -0.05) is 46.9 Å². The Bertz CT molecular complexity index is 782. The minimum Gasteiger partial charge on any atom is -0.497 e. The third-order valence-electron chi connectivity index (χ3n) is 4.83. The topological polar surface area (TPSA) is 63.2 Å². The number of hydrogen-bond acceptors (Lipinski definition) is 6. The predicted molar refractivity (Wildman–Crippen MR) is 114 cm³/mol. The van der Waals surface area contributed by atoms with E-state index in [1.807, 2.05) is 24.3 Å². The van der Waals surface area contributed by atoms with Crippen LogP contribution in [-0.2, 0) is 10.2 Å². The highest BCUT2D eigenvalue weighted by Crippen LogP contribution is 2.36. The van der Waals surface area contributed by atoms with Crippen molar-refractivity contribution < 1.29 is 4.74 Å². The third-order valence-corrected chi connectivity index (χ3v) is 5.34. The number of nitrogens with zero attached hydrogens (tertiary/aromatic N) is 4. The zero-order valence-corrected chi connectivity index (χ0v) is 18.2. The Kier molecular flexibility index (Phi) is 7.20. The largest absolute Gasteiger partial charge is 0.497 e. The Hall–Kier alpha value is -1.34. The van der Waals surface area contributed by atoms with Gasteiger partial charge in [0.2, 0.25) is 9.74 Å². The highest BCUT2D eigenvalue weighted by molar-refractivity contribution is 6.66. The van der Waals surface area contributed by atoms with E-state index in [1.54, 1.807) is 7.11 Å². The molecule has 9 heteroatoms. The maximum Gasteiger partial charge on any atom is 0.250 e. The van der Waals surface area contributed by atoms with Gasteiger partial charge in [-0.05, 0) is 44.0 Å². The van der Waals surface area contributed by atoms with Crippen molar-refractivity contribution in [1.29, 1.82) is 0 Å². The summed E-state index contributed by atoms with van der Waals surface area (Å²) in [6.45, 7) is 5.02. The molecule has 3 rings (SSSR count). The molecule has 6 nitrogen and oxygen atoms in total. The molecule has 0 bridgehead atoms. The number of hydrogen-bond donors (Lipinski definition) is 1. The smallest absolute Gasteiger partial charge is 0.250 e. The molecule has 1 aliphatic heterocycles. The molecule has 1 unspecified atom stereocenters. The summed E-state index contributed by atoms with van der Waals surface area (Å²) < 4.78 is 3.48. The first-order valence-electron chi connectivity index (χ1n) is 9.28. The molecule has 1 aromatic heterocycles. The average molecular weight is 445 g/mol. The fraction of sp³-hybridized carbons (Fsp3) is 0.526. The second kappa shape index (κ2) is 9.44. The summed E-state index contributed by atoms with van der Waals surface area (Å²) in [4.78, 5) is 15.6. The summed E-state index contributed by atoms with van der Waals surface area (Å²) in [5.41, 5.74) is 1.03. The van der Waals surface area contributed by atoms with E-state index >= 15 is 0 Å². The molecule has 0 saturated carbocycles. The standard InChI is InChI=1S/C19H24Cl3N5O/c1-13-4-3-10-27(13)11-9-23-18-25-16(24-17(26-18)19(20,21)22)12-14-5-7-15(28-2)8-6-14/h5-8,13H,3-4,9-12H2,1-2H3,(H,23,24,25,26). The van der Waals surface area contributed by atoms with Gasteiger partial charge in [-0.2, -0.15) is 9.97 Å². The van der Waals surface area contributed by atoms with Gasteiger partial charge in [0, 0.05) is 25.6 Å². The predicted octanol–water partition coefficient (Wildman–Crippen LogP) is 4.19. The number of nitrogens with one attached hydrogen (secondary N) is 1. The van der Waals surface area contributed by atoms with Crippen LogP contribution in [-0.4, -0.2) is 52.6 Å². The summed E-state index contributed by atoms with van der Waals surface area (Å²) in [7, 11) is 1.63. The molecule has 1 atom stereocenters. The lowest BCUT2D eigenvalue weighted by atomic mass is 10.1. The summed E-state index contributed by atoms with van der Waals surface area (Å²) >= 11 is 18.1. The van der Waals surface area contributed by atoms with E-state index in [9.17, 15) is 0 Å². The Morgan fingerprint density at radius 2 is 1.93 bits per heavy atom. The highest BCUT2D eigenvalue weighted by atomic mass is 35.6. The van der Waals surface area contributed by atoms with Crippen molar-refractivity contribution in [2.75, 3.05) is 32.1 Å². The number of halogens is 3. The van der Waals surface area contributed by atoms with Crippen LogP contribution in [0.5, 0.6) is 5.75 Å². The Labute approximate surface area is 180 Å². The van der Waals surface area contributed by atoms with Gasteiger partial charge in [-0.15, -0.1) is 0 Å². The molecule has 152 valence electrons. The molecular weight excluding hydrogens is 421 g/mol. The van der Waals surface area contributed by atoms with E-state index in [2.05, 4.69) is 32.1 Å². The number of aromatic nitrogens is 3. The van der Waals surface area contributed by atoms with Crippen molar-refractivity contribution in [3.05, 3.63) is 41.5 Å². The van der Waals surface area contributed by atoms with Gasteiger partial charge in [-0.25, -0.2) is 4.98 Å². The Morgan fingerprint density at radius 3 is 2.54 bits per heavy atom. The minimum atomic E-state index is -1.71. The molecule has 2 heterocycles. The quantitative estimate of drug-likeness (QED) is 0.646. The van der Waals surface area contributed by atoms with Crippen LogP contribution in [0.25, 0.3) is 0 Å². The summed E-state index contributed by atoms with van der Waals surface area (Å²) in [5.74, 6) is 1.87. The molecule has 1 aliphatic rings. The number of alkyl halides is 3. The van der Waals surface area contributed by atoms with Gasteiger partial charge in [0.1, 0.15) is 11.6 Å². The Balaban J connectivity index is 1.72. The first-order valence-corrected chi connectivity index (χ1v) is 10.4. The molecule has 1 fully saturated rings. The normalized spacial score (nSPS) is 17.7. The summed E-state index contributed by atoms with van der Waals surface area (Å²) in [6.07, 6.45) is 2.99. The Morgan fingerprint density at radius 1 is 1.18 bits per heavy atom. The summed E-state index contributed by atoms with van der Waals surface area (Å²) in [6, 6.07) is 8.31. The fourth-order valence-corrected chi connectivity index (χ4v) is 3.52. The van der Waals surface area contributed by atoms with E-state index in [0.29, 0.717) is 24.2 Å². The van der Waals surface area contributed by atoms with Crippen LogP contribution in [0.15, 0.2) is 24.3 Å². The number of anilines is 1. The molecule has 0 aliphatic carbocycles. The molecular formula is C19H24Cl3N5O. The number of ether oxygens (including phenoxy) is 1. The molecule has 1 N–H and O–H groups in total.